The second-order valence-corrected chi connectivity index (χ2v) is 13.0. The van der Waals surface area contributed by atoms with E-state index in [0.717, 1.165) is 25.5 Å². The second kappa shape index (κ2) is 10.4. The molecule has 238 valence electrons. The first kappa shape index (κ1) is 29.2. The zero-order chi connectivity index (χ0) is 32.0. The lowest BCUT2D eigenvalue weighted by Gasteiger charge is -2.31. The van der Waals surface area contributed by atoms with Crippen molar-refractivity contribution < 1.29 is 31.8 Å². The molecule has 1 aliphatic carbocycles. The lowest BCUT2D eigenvalue weighted by molar-refractivity contribution is 0.0887. The minimum atomic E-state index is -2.93. The van der Waals surface area contributed by atoms with Crippen molar-refractivity contribution in [2.24, 2.45) is 5.92 Å². The van der Waals surface area contributed by atoms with Crippen LogP contribution in [0.5, 0.6) is 11.8 Å². The lowest BCUT2D eigenvalue weighted by atomic mass is 9.95. The third-order valence-corrected chi connectivity index (χ3v) is 10.3. The van der Waals surface area contributed by atoms with E-state index in [-0.39, 0.29) is 70.3 Å². The molecule has 3 saturated heterocycles. The minimum absolute atomic E-state index is 0.0356. The highest BCUT2D eigenvalue weighted by Crippen LogP contribution is 2.57. The lowest BCUT2D eigenvalue weighted by Crippen LogP contribution is -2.43. The van der Waals surface area contributed by atoms with Gasteiger partial charge in [0.1, 0.15) is 47.4 Å². The molecule has 4 aliphatic rings. The van der Waals surface area contributed by atoms with Crippen molar-refractivity contribution in [1.29, 1.82) is 0 Å². The van der Waals surface area contributed by atoms with Crippen LogP contribution in [0.1, 0.15) is 44.1 Å². The summed E-state index contributed by atoms with van der Waals surface area (Å²) >= 11 is 0. The van der Waals surface area contributed by atoms with Crippen molar-refractivity contribution in [2.75, 3.05) is 31.1 Å². The number of hydrogen-bond acceptors (Lipinski definition) is 7. The zero-order valence-electron chi connectivity index (χ0n) is 24.7. The quantitative estimate of drug-likeness (QED) is 0.201. The number of terminal acetylenes is 1. The zero-order valence-corrected chi connectivity index (χ0v) is 24.7. The van der Waals surface area contributed by atoms with Crippen LogP contribution in [0.25, 0.3) is 32.9 Å². The second-order valence-electron chi connectivity index (χ2n) is 13.0. The molecule has 0 amide bonds. The number of benzene rings is 2. The monoisotopic (exact) mass is 635 g/mol. The van der Waals surface area contributed by atoms with E-state index in [4.69, 9.17) is 11.2 Å². The summed E-state index contributed by atoms with van der Waals surface area (Å²) in [6.45, 7) is 1.37. The number of halogens is 5. The van der Waals surface area contributed by atoms with Gasteiger partial charge in [0.25, 0.3) is 5.92 Å². The molecule has 4 atom stereocenters. The van der Waals surface area contributed by atoms with Gasteiger partial charge in [-0.1, -0.05) is 18.4 Å². The van der Waals surface area contributed by atoms with E-state index in [0.29, 0.717) is 31.2 Å². The molecule has 8 rings (SSSR count). The van der Waals surface area contributed by atoms with Gasteiger partial charge in [0.2, 0.25) is 0 Å². The van der Waals surface area contributed by atoms with E-state index < -0.39 is 41.2 Å². The average Bonchev–Trinajstić information content (AvgIpc) is 3.28. The van der Waals surface area contributed by atoms with Crippen LogP contribution in [0.3, 0.4) is 0 Å². The van der Waals surface area contributed by atoms with Crippen LogP contribution in [0.2, 0.25) is 0 Å². The summed E-state index contributed by atoms with van der Waals surface area (Å²) in [5.41, 5.74) is -1.15. The van der Waals surface area contributed by atoms with Crippen molar-refractivity contribution in [3.63, 3.8) is 0 Å². The van der Waals surface area contributed by atoms with E-state index in [1.807, 2.05) is 0 Å². The number of anilines is 1. The Morgan fingerprint density at radius 2 is 1.96 bits per heavy atom. The Morgan fingerprint density at radius 3 is 2.78 bits per heavy atom. The fourth-order valence-electron chi connectivity index (χ4n) is 8.06. The van der Waals surface area contributed by atoms with Gasteiger partial charge in [0, 0.05) is 36.7 Å². The summed E-state index contributed by atoms with van der Waals surface area (Å²) in [4.78, 5) is 16.9. The van der Waals surface area contributed by atoms with E-state index >= 15 is 4.39 Å². The van der Waals surface area contributed by atoms with Crippen LogP contribution in [0.4, 0.5) is 27.8 Å². The first-order valence-electron chi connectivity index (χ1n) is 15.6. The predicted octanol–water partition coefficient (Wildman–Crippen LogP) is 6.39. The standard InChI is InChI=1S/C34H30F5N5O2/c1-2-21-25(36)8-7-18-12-20(45)13-22(26(18)21)28-27(37)29-23(15-40-28)31(44-11-4-3-6-24-30(44)34(24,38)39)42-32(41-29)46-17-33-9-5-10-43(33)16-19(35)14-33/h1,7-8,12-13,15,19,24,30,45H,3-6,9-11,14,16-17H2/t19-,24?,30?,33+/m1/s1. The maximum Gasteiger partial charge on any atom is 0.319 e. The van der Waals surface area contributed by atoms with Gasteiger partial charge in [0.15, 0.2) is 5.82 Å². The Morgan fingerprint density at radius 1 is 1.11 bits per heavy atom. The number of fused-ring (bicyclic) bond motifs is 4. The predicted molar refractivity (Wildman–Crippen MR) is 162 cm³/mol. The number of aromatic hydroxyl groups is 1. The fourth-order valence-corrected chi connectivity index (χ4v) is 8.06. The van der Waals surface area contributed by atoms with Gasteiger partial charge < -0.3 is 14.7 Å². The smallest absolute Gasteiger partial charge is 0.319 e. The molecule has 2 unspecified atom stereocenters. The van der Waals surface area contributed by atoms with Crippen molar-refractivity contribution in [1.82, 2.24) is 19.9 Å². The van der Waals surface area contributed by atoms with E-state index in [1.54, 1.807) is 0 Å². The highest BCUT2D eigenvalue weighted by molar-refractivity contribution is 6.03. The Labute approximate surface area is 261 Å². The number of hydrogen-bond donors (Lipinski definition) is 1. The molecule has 4 aromatic rings. The van der Waals surface area contributed by atoms with Gasteiger partial charge in [0.05, 0.1) is 22.4 Å². The van der Waals surface area contributed by atoms with E-state index in [2.05, 4.69) is 25.8 Å². The van der Waals surface area contributed by atoms with Crippen molar-refractivity contribution >= 4 is 27.5 Å². The van der Waals surface area contributed by atoms with Gasteiger partial charge in [-0.05, 0) is 55.8 Å². The Balaban J connectivity index is 1.30. The number of rotatable bonds is 5. The summed E-state index contributed by atoms with van der Waals surface area (Å²) in [6, 6.07) is 3.88. The first-order chi connectivity index (χ1) is 22.1. The van der Waals surface area contributed by atoms with Gasteiger partial charge >= 0.3 is 6.01 Å². The number of phenolic OH excluding ortho intramolecular Hbond substituents is 1. The van der Waals surface area contributed by atoms with E-state index in [9.17, 15) is 22.7 Å². The van der Waals surface area contributed by atoms with Crippen molar-refractivity contribution in [3.8, 4) is 35.4 Å². The molecule has 2 aromatic carbocycles. The minimum Gasteiger partial charge on any atom is -0.508 e. The summed E-state index contributed by atoms with van der Waals surface area (Å²) < 4.78 is 82.1. The van der Waals surface area contributed by atoms with Crippen LogP contribution in [-0.2, 0) is 0 Å². The van der Waals surface area contributed by atoms with Crippen LogP contribution in [0.15, 0.2) is 30.5 Å². The molecule has 2 aromatic heterocycles. The normalized spacial score (nSPS) is 27.0. The Kier molecular flexibility index (Phi) is 6.59. The topological polar surface area (TPSA) is 74.6 Å². The van der Waals surface area contributed by atoms with Gasteiger partial charge in [-0.3, -0.25) is 9.88 Å². The van der Waals surface area contributed by atoms with Gasteiger partial charge in [-0.25, -0.2) is 22.0 Å². The molecule has 1 N–H and O–H groups in total. The molecule has 12 heteroatoms. The number of pyridine rings is 1. The molecular weight excluding hydrogens is 605 g/mol. The molecule has 3 aliphatic heterocycles. The molecule has 4 fully saturated rings. The highest BCUT2D eigenvalue weighted by atomic mass is 19.3. The maximum atomic E-state index is 16.8. The molecule has 1 saturated carbocycles. The maximum absolute atomic E-state index is 16.8. The summed E-state index contributed by atoms with van der Waals surface area (Å²) in [7, 11) is 0. The Bertz CT molecular complexity index is 1950. The first-order valence-corrected chi connectivity index (χ1v) is 15.6. The summed E-state index contributed by atoms with van der Waals surface area (Å²) in [5, 5.41) is 11.1. The third kappa shape index (κ3) is 4.38. The molecule has 46 heavy (non-hydrogen) atoms. The number of phenols is 1. The largest absolute Gasteiger partial charge is 0.508 e. The molecule has 0 spiro atoms. The molecule has 0 bridgehead atoms. The SMILES string of the molecule is C#Cc1c(F)ccc2cc(O)cc(-c3ncc4c(N5CCCCC6C5C6(F)F)nc(OC[C@@]56CCCN5C[C@H](F)C6)nc4c3F)c12. The summed E-state index contributed by atoms with van der Waals surface area (Å²) in [5.74, 6) is -3.24. The molecule has 7 nitrogen and oxygen atoms in total. The van der Waals surface area contributed by atoms with Gasteiger partial charge in [-0.15, -0.1) is 6.42 Å². The van der Waals surface area contributed by atoms with E-state index in [1.165, 1.54) is 29.3 Å². The van der Waals surface area contributed by atoms with Crippen molar-refractivity contribution in [3.05, 3.63) is 47.7 Å². The van der Waals surface area contributed by atoms with Crippen molar-refractivity contribution in [2.45, 2.75) is 62.2 Å². The number of aromatic nitrogens is 3. The third-order valence-electron chi connectivity index (χ3n) is 10.3. The Hall–Kier alpha value is -4.24. The summed E-state index contributed by atoms with van der Waals surface area (Å²) in [6.07, 6.45) is 9.48. The van der Waals surface area contributed by atoms with Crippen LogP contribution >= 0.6 is 0 Å². The molecule has 5 heterocycles. The fraction of sp³-hybridized carbons (Fsp3) is 0.441. The number of alkyl halides is 3. The average molecular weight is 636 g/mol. The highest BCUT2D eigenvalue weighted by Gasteiger charge is 2.71. The van der Waals surface area contributed by atoms with Gasteiger partial charge in [-0.2, -0.15) is 9.97 Å². The molecular formula is C34H30F5N5O2. The van der Waals surface area contributed by atoms with Crippen LogP contribution in [0, 0.1) is 29.9 Å². The number of ether oxygens (including phenoxy) is 1. The molecule has 0 radical (unpaired) electrons. The number of nitrogens with zero attached hydrogens (tertiary/aromatic N) is 5. The van der Waals surface area contributed by atoms with Crippen LogP contribution in [-0.4, -0.2) is 74.9 Å². The van der Waals surface area contributed by atoms with Crippen LogP contribution < -0.4 is 9.64 Å².